The van der Waals surface area contributed by atoms with Gasteiger partial charge in [0.15, 0.2) is 0 Å². The molecule has 0 aliphatic rings. The molecular formula is C14H24F3NO2. The van der Waals surface area contributed by atoms with Gasteiger partial charge >= 0.3 is 12.1 Å². The fraction of sp³-hybridized carbons (Fsp3) is 0.786. The molecule has 0 radical (unpaired) electrons. The highest BCUT2D eigenvalue weighted by Crippen LogP contribution is 2.35. The third-order valence-corrected chi connectivity index (χ3v) is 3.14. The summed E-state index contributed by atoms with van der Waals surface area (Å²) >= 11 is 0. The normalized spacial score (nSPS) is 16.5. The van der Waals surface area contributed by atoms with E-state index >= 15 is 0 Å². The lowest BCUT2D eigenvalue weighted by Gasteiger charge is -2.37. The van der Waals surface area contributed by atoms with Crippen molar-refractivity contribution in [3.8, 4) is 0 Å². The number of carbonyl (C=O) groups excluding carboxylic acids is 1. The molecule has 3 nitrogen and oxygen atoms in total. The standard InChI is InChI=1S/C14H24F3NO2/c1-7-8-13(4,5)12(14(15,16)17)18-10(9(2)3)11(19)20-6/h7-10,12,18H,1-6H3/b8-7+. The van der Waals surface area contributed by atoms with Crippen molar-refractivity contribution in [3.63, 3.8) is 0 Å². The van der Waals surface area contributed by atoms with E-state index in [1.54, 1.807) is 26.8 Å². The van der Waals surface area contributed by atoms with Gasteiger partial charge in [-0.2, -0.15) is 13.2 Å². The van der Waals surface area contributed by atoms with Crippen molar-refractivity contribution in [2.24, 2.45) is 11.3 Å². The molecule has 0 aliphatic carbocycles. The molecular weight excluding hydrogens is 271 g/mol. The predicted molar refractivity (Wildman–Crippen MR) is 72.2 cm³/mol. The molecule has 0 saturated heterocycles. The monoisotopic (exact) mass is 295 g/mol. The van der Waals surface area contributed by atoms with E-state index in [9.17, 15) is 18.0 Å². The van der Waals surface area contributed by atoms with E-state index in [1.807, 2.05) is 0 Å². The van der Waals surface area contributed by atoms with Crippen LogP contribution in [0.15, 0.2) is 12.2 Å². The average Bonchev–Trinajstić information content (AvgIpc) is 2.26. The maximum atomic E-state index is 13.3. The Labute approximate surface area is 118 Å². The Balaban J connectivity index is 5.42. The number of alkyl halides is 3. The van der Waals surface area contributed by atoms with E-state index in [1.165, 1.54) is 27.0 Å². The Morgan fingerprint density at radius 2 is 1.75 bits per heavy atom. The van der Waals surface area contributed by atoms with Gasteiger partial charge in [-0.3, -0.25) is 10.1 Å². The van der Waals surface area contributed by atoms with Crippen molar-refractivity contribution in [2.45, 2.75) is 52.9 Å². The average molecular weight is 295 g/mol. The first-order chi connectivity index (χ1) is 8.97. The molecule has 0 saturated carbocycles. The van der Waals surface area contributed by atoms with Gasteiger partial charge in [0, 0.05) is 5.41 Å². The number of nitrogens with one attached hydrogen (secondary N) is 1. The number of methoxy groups -OCH3 is 1. The molecule has 0 aromatic rings. The number of hydrogen-bond acceptors (Lipinski definition) is 3. The summed E-state index contributed by atoms with van der Waals surface area (Å²) in [6.07, 6.45) is -1.42. The van der Waals surface area contributed by atoms with Crippen LogP contribution in [0.1, 0.15) is 34.6 Å². The minimum atomic E-state index is -4.47. The number of esters is 1. The summed E-state index contributed by atoms with van der Waals surface area (Å²) in [6.45, 7) is 7.96. The van der Waals surface area contributed by atoms with E-state index < -0.39 is 29.6 Å². The van der Waals surface area contributed by atoms with E-state index in [4.69, 9.17) is 0 Å². The van der Waals surface area contributed by atoms with E-state index in [2.05, 4.69) is 10.1 Å². The summed E-state index contributed by atoms with van der Waals surface area (Å²) in [5, 5.41) is 2.42. The van der Waals surface area contributed by atoms with Gasteiger partial charge in [0.2, 0.25) is 0 Å². The first kappa shape index (κ1) is 19.0. The highest BCUT2D eigenvalue weighted by atomic mass is 19.4. The predicted octanol–water partition coefficient (Wildman–Crippen LogP) is 3.31. The minimum absolute atomic E-state index is 0.311. The van der Waals surface area contributed by atoms with Crippen LogP contribution in [0.4, 0.5) is 13.2 Å². The van der Waals surface area contributed by atoms with E-state index in [0.717, 1.165) is 0 Å². The number of hydrogen-bond donors (Lipinski definition) is 1. The van der Waals surface area contributed by atoms with Gasteiger partial charge in [0.05, 0.1) is 7.11 Å². The molecule has 0 bridgehead atoms. The largest absolute Gasteiger partial charge is 0.468 e. The lowest BCUT2D eigenvalue weighted by atomic mass is 9.82. The number of ether oxygens (including phenoxy) is 1. The molecule has 2 atom stereocenters. The van der Waals surface area contributed by atoms with Crippen LogP contribution in [-0.4, -0.2) is 31.3 Å². The maximum absolute atomic E-state index is 13.3. The molecule has 1 N–H and O–H groups in total. The zero-order chi connectivity index (χ0) is 16.1. The zero-order valence-electron chi connectivity index (χ0n) is 12.8. The lowest BCUT2D eigenvalue weighted by molar-refractivity contribution is -0.179. The number of rotatable bonds is 6. The van der Waals surface area contributed by atoms with Gasteiger partial charge in [-0.25, -0.2) is 0 Å². The molecule has 0 fully saturated rings. The van der Waals surface area contributed by atoms with Crippen molar-refractivity contribution in [1.82, 2.24) is 5.32 Å². The molecule has 0 spiro atoms. The van der Waals surface area contributed by atoms with Crippen LogP contribution in [-0.2, 0) is 9.53 Å². The van der Waals surface area contributed by atoms with Gasteiger partial charge in [-0.15, -0.1) is 0 Å². The Morgan fingerprint density at radius 1 is 1.25 bits per heavy atom. The Bertz CT molecular complexity index is 349. The Morgan fingerprint density at radius 3 is 2.05 bits per heavy atom. The van der Waals surface area contributed by atoms with Crippen LogP contribution in [0, 0.1) is 11.3 Å². The molecule has 2 unspecified atom stereocenters. The second-order valence-corrected chi connectivity index (χ2v) is 5.71. The highest BCUT2D eigenvalue weighted by molar-refractivity contribution is 5.76. The first-order valence-electron chi connectivity index (χ1n) is 6.51. The topological polar surface area (TPSA) is 38.3 Å². The smallest absolute Gasteiger partial charge is 0.404 e. The van der Waals surface area contributed by atoms with Gasteiger partial charge < -0.3 is 4.74 Å². The molecule has 20 heavy (non-hydrogen) atoms. The van der Waals surface area contributed by atoms with E-state index in [0.29, 0.717) is 0 Å². The summed E-state index contributed by atoms with van der Waals surface area (Å²) in [5.74, 6) is -1.00. The molecule has 118 valence electrons. The van der Waals surface area contributed by atoms with Gasteiger partial charge in [-0.05, 0) is 12.8 Å². The van der Waals surface area contributed by atoms with E-state index in [-0.39, 0.29) is 5.92 Å². The SMILES string of the molecule is C/C=C/C(C)(C)C(NC(C(=O)OC)C(C)C)C(F)(F)F. The summed E-state index contributed by atoms with van der Waals surface area (Å²) in [5.41, 5.74) is -1.17. The summed E-state index contributed by atoms with van der Waals surface area (Å²) in [7, 11) is 1.17. The quantitative estimate of drug-likeness (QED) is 0.603. The second kappa shape index (κ2) is 7.11. The van der Waals surface area contributed by atoms with Gasteiger partial charge in [0.1, 0.15) is 12.1 Å². The van der Waals surface area contributed by atoms with Gasteiger partial charge in [-0.1, -0.05) is 39.8 Å². The van der Waals surface area contributed by atoms with Crippen molar-refractivity contribution >= 4 is 5.97 Å². The summed E-state index contributed by atoms with van der Waals surface area (Å²) in [6, 6.07) is -2.84. The van der Waals surface area contributed by atoms with Crippen LogP contribution in [0.3, 0.4) is 0 Å². The molecule has 0 aromatic carbocycles. The van der Waals surface area contributed by atoms with Crippen LogP contribution >= 0.6 is 0 Å². The van der Waals surface area contributed by atoms with Crippen LogP contribution in [0.25, 0.3) is 0 Å². The summed E-state index contributed by atoms with van der Waals surface area (Å²) < 4.78 is 44.4. The fourth-order valence-electron chi connectivity index (χ4n) is 2.10. The third-order valence-electron chi connectivity index (χ3n) is 3.14. The maximum Gasteiger partial charge on any atom is 0.404 e. The Kier molecular flexibility index (Phi) is 6.74. The number of halogens is 3. The van der Waals surface area contributed by atoms with Crippen molar-refractivity contribution in [2.75, 3.05) is 7.11 Å². The third kappa shape index (κ3) is 5.15. The molecule has 0 heterocycles. The molecule has 0 aromatic heterocycles. The van der Waals surface area contributed by atoms with Crippen molar-refractivity contribution in [1.29, 1.82) is 0 Å². The van der Waals surface area contributed by atoms with Crippen LogP contribution in [0.2, 0.25) is 0 Å². The lowest BCUT2D eigenvalue weighted by Crippen LogP contribution is -2.58. The second-order valence-electron chi connectivity index (χ2n) is 5.71. The molecule has 0 aliphatic heterocycles. The fourth-order valence-corrected chi connectivity index (χ4v) is 2.10. The highest BCUT2D eigenvalue weighted by Gasteiger charge is 2.49. The van der Waals surface area contributed by atoms with Crippen LogP contribution < -0.4 is 5.32 Å². The van der Waals surface area contributed by atoms with Crippen molar-refractivity contribution < 1.29 is 22.7 Å². The van der Waals surface area contributed by atoms with Crippen molar-refractivity contribution in [3.05, 3.63) is 12.2 Å². The van der Waals surface area contributed by atoms with Gasteiger partial charge in [0.25, 0.3) is 0 Å². The number of allylic oxidation sites excluding steroid dienone is 1. The molecule has 6 heteroatoms. The zero-order valence-corrected chi connectivity index (χ0v) is 12.8. The van der Waals surface area contributed by atoms with Crippen LogP contribution in [0.5, 0.6) is 0 Å². The first-order valence-corrected chi connectivity index (χ1v) is 6.51. The molecule has 0 rings (SSSR count). The summed E-state index contributed by atoms with van der Waals surface area (Å²) in [4.78, 5) is 11.6. The number of carbonyl (C=O) groups is 1. The Hall–Kier alpha value is -1.04. The minimum Gasteiger partial charge on any atom is -0.468 e. The molecule has 0 amide bonds.